The van der Waals surface area contributed by atoms with Crippen LogP contribution in [-0.2, 0) is 6.54 Å². The van der Waals surface area contributed by atoms with Crippen molar-refractivity contribution < 1.29 is 13.2 Å². The van der Waals surface area contributed by atoms with Crippen LogP contribution < -0.4 is 4.90 Å². The van der Waals surface area contributed by atoms with Crippen molar-refractivity contribution in [3.63, 3.8) is 0 Å². The van der Waals surface area contributed by atoms with Gasteiger partial charge in [0.1, 0.15) is 11.6 Å². The molecular weight excluding hydrogens is 338 g/mol. The highest BCUT2D eigenvalue weighted by molar-refractivity contribution is 5.52. The summed E-state index contributed by atoms with van der Waals surface area (Å²) in [5.41, 5.74) is 1.73. The second-order valence-corrected chi connectivity index (χ2v) is 6.25. The molecule has 4 rings (SSSR count). The van der Waals surface area contributed by atoms with E-state index in [1.54, 1.807) is 24.3 Å². The van der Waals surface area contributed by atoms with E-state index in [-0.39, 0.29) is 11.6 Å². The standard InChI is InChI=1S/C19H18F2N4O/c20-15-3-1-14(2-4-15)19-23-22-18(26-19)13-24-9-11-25(12-10-24)17-7-5-16(21)6-8-17/h1-8H,9-13H2. The normalized spacial score (nSPS) is 15.4. The lowest BCUT2D eigenvalue weighted by molar-refractivity contribution is 0.227. The molecule has 1 saturated heterocycles. The number of hydrogen-bond acceptors (Lipinski definition) is 5. The Labute approximate surface area is 149 Å². The number of halogens is 2. The molecule has 7 heteroatoms. The zero-order chi connectivity index (χ0) is 17.9. The number of benzene rings is 2. The predicted molar refractivity (Wildman–Crippen MR) is 93.6 cm³/mol. The molecule has 1 aromatic heterocycles. The summed E-state index contributed by atoms with van der Waals surface area (Å²) in [7, 11) is 0. The van der Waals surface area contributed by atoms with Crippen LogP contribution in [0.1, 0.15) is 5.89 Å². The predicted octanol–water partition coefficient (Wildman–Crippen LogP) is 3.34. The average Bonchev–Trinajstić information content (AvgIpc) is 3.12. The van der Waals surface area contributed by atoms with Gasteiger partial charge < -0.3 is 9.32 Å². The third-order valence-electron chi connectivity index (χ3n) is 4.48. The van der Waals surface area contributed by atoms with E-state index in [0.717, 1.165) is 31.9 Å². The van der Waals surface area contributed by atoms with Gasteiger partial charge >= 0.3 is 0 Å². The Balaban J connectivity index is 1.34. The number of rotatable bonds is 4. The van der Waals surface area contributed by atoms with Crippen molar-refractivity contribution in [2.45, 2.75) is 6.54 Å². The molecule has 1 fully saturated rings. The average molecular weight is 356 g/mol. The Morgan fingerprint density at radius 3 is 2.08 bits per heavy atom. The van der Waals surface area contributed by atoms with E-state index in [1.807, 2.05) is 0 Å². The summed E-state index contributed by atoms with van der Waals surface area (Å²) < 4.78 is 31.7. The van der Waals surface area contributed by atoms with Crippen LogP contribution in [-0.4, -0.2) is 41.3 Å². The smallest absolute Gasteiger partial charge is 0.247 e. The number of aromatic nitrogens is 2. The number of hydrogen-bond donors (Lipinski definition) is 0. The van der Waals surface area contributed by atoms with Crippen molar-refractivity contribution in [2.75, 3.05) is 31.1 Å². The first-order valence-corrected chi connectivity index (χ1v) is 8.48. The Bertz CT molecular complexity index is 856. The number of nitrogens with zero attached hydrogens (tertiary/aromatic N) is 4. The van der Waals surface area contributed by atoms with Crippen molar-refractivity contribution in [3.8, 4) is 11.5 Å². The summed E-state index contributed by atoms with van der Waals surface area (Å²) in [6.45, 7) is 3.98. The fraction of sp³-hybridized carbons (Fsp3) is 0.263. The third-order valence-corrected chi connectivity index (χ3v) is 4.48. The summed E-state index contributed by atoms with van der Waals surface area (Å²) in [4.78, 5) is 4.47. The summed E-state index contributed by atoms with van der Waals surface area (Å²) in [6.07, 6.45) is 0. The highest BCUT2D eigenvalue weighted by Crippen LogP contribution is 2.20. The second-order valence-electron chi connectivity index (χ2n) is 6.25. The van der Waals surface area contributed by atoms with E-state index in [9.17, 15) is 8.78 Å². The summed E-state index contributed by atoms with van der Waals surface area (Å²) in [6, 6.07) is 12.5. The van der Waals surface area contributed by atoms with E-state index in [4.69, 9.17) is 4.42 Å². The molecule has 0 aliphatic carbocycles. The molecule has 1 aliphatic rings. The quantitative estimate of drug-likeness (QED) is 0.717. The molecule has 0 N–H and O–H groups in total. The van der Waals surface area contributed by atoms with Gasteiger partial charge in [0.05, 0.1) is 6.54 Å². The molecule has 2 aromatic carbocycles. The molecule has 134 valence electrons. The minimum absolute atomic E-state index is 0.222. The van der Waals surface area contributed by atoms with Crippen LogP contribution in [0.3, 0.4) is 0 Å². The second kappa shape index (κ2) is 7.21. The largest absolute Gasteiger partial charge is 0.419 e. The molecule has 0 spiro atoms. The highest BCUT2D eigenvalue weighted by Gasteiger charge is 2.19. The summed E-state index contributed by atoms with van der Waals surface area (Å²) in [5.74, 6) is 0.415. The van der Waals surface area contributed by atoms with E-state index in [1.165, 1.54) is 24.3 Å². The molecule has 1 aliphatic heterocycles. The van der Waals surface area contributed by atoms with Crippen LogP contribution in [0.25, 0.3) is 11.5 Å². The van der Waals surface area contributed by atoms with E-state index in [0.29, 0.717) is 23.9 Å². The number of anilines is 1. The lowest BCUT2D eigenvalue weighted by atomic mass is 10.2. The van der Waals surface area contributed by atoms with Crippen molar-refractivity contribution in [1.29, 1.82) is 0 Å². The lowest BCUT2D eigenvalue weighted by Gasteiger charge is -2.35. The lowest BCUT2D eigenvalue weighted by Crippen LogP contribution is -2.46. The Kier molecular flexibility index (Phi) is 4.62. The molecule has 26 heavy (non-hydrogen) atoms. The van der Waals surface area contributed by atoms with E-state index >= 15 is 0 Å². The van der Waals surface area contributed by atoms with Gasteiger partial charge in [-0.15, -0.1) is 10.2 Å². The van der Waals surface area contributed by atoms with Crippen molar-refractivity contribution in [1.82, 2.24) is 15.1 Å². The van der Waals surface area contributed by atoms with Gasteiger partial charge in [0.2, 0.25) is 11.8 Å². The minimum Gasteiger partial charge on any atom is -0.419 e. The van der Waals surface area contributed by atoms with Gasteiger partial charge in [-0.05, 0) is 48.5 Å². The van der Waals surface area contributed by atoms with Gasteiger partial charge in [0.15, 0.2) is 0 Å². The van der Waals surface area contributed by atoms with Gasteiger partial charge in [0, 0.05) is 37.4 Å². The van der Waals surface area contributed by atoms with Gasteiger partial charge in [-0.1, -0.05) is 0 Å². The first kappa shape index (κ1) is 16.7. The first-order chi connectivity index (χ1) is 12.7. The van der Waals surface area contributed by atoms with Crippen molar-refractivity contribution in [2.24, 2.45) is 0 Å². The Morgan fingerprint density at radius 2 is 1.42 bits per heavy atom. The van der Waals surface area contributed by atoms with Crippen LogP contribution in [0, 0.1) is 11.6 Å². The molecule has 0 radical (unpaired) electrons. The monoisotopic (exact) mass is 356 g/mol. The van der Waals surface area contributed by atoms with E-state index in [2.05, 4.69) is 20.0 Å². The molecule has 0 unspecified atom stereocenters. The summed E-state index contributed by atoms with van der Waals surface area (Å²) in [5, 5.41) is 8.13. The molecule has 0 atom stereocenters. The third kappa shape index (κ3) is 3.72. The zero-order valence-corrected chi connectivity index (χ0v) is 14.1. The highest BCUT2D eigenvalue weighted by atomic mass is 19.1. The van der Waals surface area contributed by atoms with Gasteiger partial charge in [0.25, 0.3) is 0 Å². The molecular formula is C19H18F2N4O. The van der Waals surface area contributed by atoms with Gasteiger partial charge in [-0.3, -0.25) is 4.90 Å². The molecule has 3 aromatic rings. The van der Waals surface area contributed by atoms with Crippen LogP contribution in [0.15, 0.2) is 52.9 Å². The van der Waals surface area contributed by atoms with E-state index < -0.39 is 0 Å². The topological polar surface area (TPSA) is 45.4 Å². The molecule has 0 saturated carbocycles. The molecule has 5 nitrogen and oxygen atoms in total. The molecule has 2 heterocycles. The first-order valence-electron chi connectivity index (χ1n) is 8.48. The maximum Gasteiger partial charge on any atom is 0.247 e. The fourth-order valence-corrected chi connectivity index (χ4v) is 3.03. The molecule has 0 amide bonds. The maximum atomic E-state index is 13.0. The summed E-state index contributed by atoms with van der Waals surface area (Å²) >= 11 is 0. The van der Waals surface area contributed by atoms with Gasteiger partial charge in [-0.2, -0.15) is 0 Å². The maximum absolute atomic E-state index is 13.0. The van der Waals surface area contributed by atoms with Crippen LogP contribution in [0.2, 0.25) is 0 Å². The van der Waals surface area contributed by atoms with Crippen molar-refractivity contribution in [3.05, 3.63) is 66.1 Å². The SMILES string of the molecule is Fc1ccc(-c2nnc(CN3CCN(c4ccc(F)cc4)CC3)o2)cc1. The Morgan fingerprint density at radius 1 is 0.808 bits per heavy atom. The minimum atomic E-state index is -0.299. The van der Waals surface area contributed by atoms with Crippen LogP contribution in [0.5, 0.6) is 0 Å². The van der Waals surface area contributed by atoms with Crippen LogP contribution >= 0.6 is 0 Å². The van der Waals surface area contributed by atoms with Gasteiger partial charge in [-0.25, -0.2) is 8.78 Å². The van der Waals surface area contributed by atoms with Crippen molar-refractivity contribution >= 4 is 5.69 Å². The number of piperazine rings is 1. The molecule has 0 bridgehead atoms. The Hall–Kier alpha value is -2.80. The fourth-order valence-electron chi connectivity index (χ4n) is 3.03. The zero-order valence-electron chi connectivity index (χ0n) is 14.1. The van der Waals surface area contributed by atoms with Crippen LogP contribution in [0.4, 0.5) is 14.5 Å².